The first-order chi connectivity index (χ1) is 14.9. The molecule has 2 aromatic carbocycles. The molecule has 7 heteroatoms. The Morgan fingerprint density at radius 2 is 2.00 bits per heavy atom. The number of methoxy groups -OCH3 is 1. The molecule has 166 valence electrons. The lowest BCUT2D eigenvalue weighted by Crippen LogP contribution is -2.39. The molecule has 0 aliphatic carbocycles. The van der Waals surface area contributed by atoms with Crippen molar-refractivity contribution in [2.24, 2.45) is 0 Å². The van der Waals surface area contributed by atoms with Crippen molar-refractivity contribution >= 4 is 20.7 Å². The molecular formula is C24H30N2O4S. The van der Waals surface area contributed by atoms with Crippen LogP contribution in [0.25, 0.3) is 10.9 Å². The molecule has 0 saturated heterocycles. The number of nitrogens with zero attached hydrogens (tertiary/aromatic N) is 1. The summed E-state index contributed by atoms with van der Waals surface area (Å²) < 4.78 is 35.2. The molecule has 2 heterocycles. The minimum Gasteiger partial charge on any atom is -0.493 e. The Morgan fingerprint density at radius 3 is 2.74 bits per heavy atom. The Hall–Kier alpha value is -2.51. The fourth-order valence-electron chi connectivity index (χ4n) is 4.49. The standard InChI is InChI=1S/C24H30N2O4S/c1-4-30-24-15-20-17(14-23(24)29-2)9-10-26(11-12-31(3,27)28)22(20)13-18-16-25-21-8-6-5-7-19(18)21/h5-8,14-16,22,25H,4,9-13H2,1-3H3. The summed E-state index contributed by atoms with van der Waals surface area (Å²) >= 11 is 0. The number of aromatic amines is 1. The molecule has 31 heavy (non-hydrogen) atoms. The Labute approximate surface area is 184 Å². The molecule has 0 spiro atoms. The molecule has 1 aromatic heterocycles. The average Bonchev–Trinajstić information content (AvgIpc) is 3.15. The summed E-state index contributed by atoms with van der Waals surface area (Å²) in [6, 6.07) is 12.5. The van der Waals surface area contributed by atoms with E-state index in [2.05, 4.69) is 40.3 Å². The second kappa shape index (κ2) is 8.93. The number of H-pyrrole nitrogens is 1. The van der Waals surface area contributed by atoms with Gasteiger partial charge in [0.25, 0.3) is 0 Å². The molecule has 1 aliphatic heterocycles. The first-order valence-electron chi connectivity index (χ1n) is 10.7. The minimum absolute atomic E-state index is 0.0646. The third kappa shape index (κ3) is 4.72. The van der Waals surface area contributed by atoms with E-state index in [0.717, 1.165) is 36.4 Å². The second-order valence-corrected chi connectivity index (χ2v) is 10.4. The summed E-state index contributed by atoms with van der Waals surface area (Å²) in [7, 11) is -1.38. The fourth-order valence-corrected chi connectivity index (χ4v) is 5.05. The van der Waals surface area contributed by atoms with E-state index in [0.29, 0.717) is 13.2 Å². The minimum atomic E-state index is -3.04. The maximum absolute atomic E-state index is 11.9. The topological polar surface area (TPSA) is 71.6 Å². The van der Waals surface area contributed by atoms with E-state index in [4.69, 9.17) is 9.47 Å². The predicted octanol–water partition coefficient (Wildman–Crippen LogP) is 3.76. The molecule has 0 fully saturated rings. The van der Waals surface area contributed by atoms with Gasteiger partial charge >= 0.3 is 0 Å². The van der Waals surface area contributed by atoms with E-state index in [-0.39, 0.29) is 11.8 Å². The van der Waals surface area contributed by atoms with Crippen LogP contribution in [-0.4, -0.2) is 57.1 Å². The van der Waals surface area contributed by atoms with Gasteiger partial charge in [0.1, 0.15) is 9.84 Å². The van der Waals surface area contributed by atoms with Crippen molar-refractivity contribution in [3.05, 3.63) is 59.3 Å². The molecule has 6 nitrogen and oxygen atoms in total. The zero-order valence-corrected chi connectivity index (χ0v) is 19.2. The van der Waals surface area contributed by atoms with Crippen LogP contribution < -0.4 is 9.47 Å². The van der Waals surface area contributed by atoms with Crippen molar-refractivity contribution in [3.8, 4) is 11.5 Å². The lowest BCUT2D eigenvalue weighted by atomic mass is 9.88. The normalized spacial score (nSPS) is 16.9. The first-order valence-corrected chi connectivity index (χ1v) is 12.8. The highest BCUT2D eigenvalue weighted by Crippen LogP contribution is 2.40. The predicted molar refractivity (Wildman–Crippen MR) is 124 cm³/mol. The van der Waals surface area contributed by atoms with Gasteiger partial charge in [0.2, 0.25) is 0 Å². The molecule has 1 atom stereocenters. The fraction of sp³-hybridized carbons (Fsp3) is 0.417. The SMILES string of the molecule is CCOc1cc2c(cc1OC)CCN(CCS(C)(=O)=O)C2Cc1c[nH]c2ccccc12. The van der Waals surface area contributed by atoms with Crippen LogP contribution in [0.5, 0.6) is 11.5 Å². The molecule has 4 rings (SSSR count). The average molecular weight is 443 g/mol. The van der Waals surface area contributed by atoms with Crippen LogP contribution >= 0.6 is 0 Å². The molecule has 0 radical (unpaired) electrons. The van der Waals surface area contributed by atoms with Crippen LogP contribution in [0.2, 0.25) is 0 Å². The summed E-state index contributed by atoms with van der Waals surface area (Å²) in [5.41, 5.74) is 4.77. The van der Waals surface area contributed by atoms with Crippen molar-refractivity contribution in [3.63, 3.8) is 0 Å². The van der Waals surface area contributed by atoms with Gasteiger partial charge in [-0.1, -0.05) is 18.2 Å². The number of nitrogens with one attached hydrogen (secondary N) is 1. The van der Waals surface area contributed by atoms with Crippen molar-refractivity contribution in [2.45, 2.75) is 25.8 Å². The molecule has 1 unspecified atom stereocenters. The molecule has 0 bridgehead atoms. The number of hydrogen-bond donors (Lipinski definition) is 1. The Balaban J connectivity index is 1.75. The van der Waals surface area contributed by atoms with Crippen molar-refractivity contribution < 1.29 is 17.9 Å². The number of sulfone groups is 1. The molecular weight excluding hydrogens is 412 g/mol. The molecule has 1 N–H and O–H groups in total. The highest BCUT2D eigenvalue weighted by atomic mass is 32.2. The number of para-hydroxylation sites is 1. The maximum Gasteiger partial charge on any atom is 0.161 e. The number of ether oxygens (including phenoxy) is 2. The number of aromatic nitrogens is 1. The van der Waals surface area contributed by atoms with E-state index >= 15 is 0 Å². The van der Waals surface area contributed by atoms with Gasteiger partial charge in [-0.3, -0.25) is 4.90 Å². The van der Waals surface area contributed by atoms with Gasteiger partial charge < -0.3 is 14.5 Å². The number of benzene rings is 2. The number of rotatable bonds is 8. The van der Waals surface area contributed by atoms with Crippen LogP contribution in [0.15, 0.2) is 42.6 Å². The van der Waals surface area contributed by atoms with Gasteiger partial charge in [-0.05, 0) is 54.7 Å². The van der Waals surface area contributed by atoms with Gasteiger partial charge in [-0.25, -0.2) is 8.42 Å². The maximum atomic E-state index is 11.9. The van der Waals surface area contributed by atoms with E-state index < -0.39 is 9.84 Å². The Morgan fingerprint density at radius 1 is 1.19 bits per heavy atom. The number of hydrogen-bond acceptors (Lipinski definition) is 5. The van der Waals surface area contributed by atoms with E-state index in [1.165, 1.54) is 28.3 Å². The Kier molecular flexibility index (Phi) is 6.25. The van der Waals surface area contributed by atoms with Crippen molar-refractivity contribution in [1.29, 1.82) is 0 Å². The van der Waals surface area contributed by atoms with Crippen LogP contribution in [0.4, 0.5) is 0 Å². The van der Waals surface area contributed by atoms with Gasteiger partial charge in [-0.2, -0.15) is 0 Å². The highest BCUT2D eigenvalue weighted by molar-refractivity contribution is 7.90. The van der Waals surface area contributed by atoms with Crippen molar-refractivity contribution in [1.82, 2.24) is 9.88 Å². The van der Waals surface area contributed by atoms with Gasteiger partial charge in [0, 0.05) is 42.5 Å². The largest absolute Gasteiger partial charge is 0.493 e. The van der Waals surface area contributed by atoms with Gasteiger partial charge in [0.05, 0.1) is 19.5 Å². The van der Waals surface area contributed by atoms with E-state index in [1.54, 1.807) is 7.11 Å². The monoisotopic (exact) mass is 442 g/mol. The number of fused-ring (bicyclic) bond motifs is 2. The Bertz CT molecular complexity index is 1170. The van der Waals surface area contributed by atoms with Crippen LogP contribution in [0.3, 0.4) is 0 Å². The smallest absolute Gasteiger partial charge is 0.161 e. The van der Waals surface area contributed by atoms with Gasteiger partial charge in [0.15, 0.2) is 11.5 Å². The summed E-state index contributed by atoms with van der Waals surface area (Å²) in [5.74, 6) is 1.63. The summed E-state index contributed by atoms with van der Waals surface area (Å²) in [5, 5.41) is 1.20. The molecule has 0 amide bonds. The third-order valence-electron chi connectivity index (χ3n) is 6.03. The van der Waals surface area contributed by atoms with Gasteiger partial charge in [-0.15, -0.1) is 0 Å². The molecule has 3 aromatic rings. The zero-order chi connectivity index (χ0) is 22.0. The summed E-state index contributed by atoms with van der Waals surface area (Å²) in [6.07, 6.45) is 5.02. The van der Waals surface area contributed by atoms with Crippen LogP contribution in [-0.2, 0) is 22.7 Å². The molecule has 0 saturated carbocycles. The first kappa shape index (κ1) is 21.7. The zero-order valence-electron chi connectivity index (χ0n) is 18.3. The summed E-state index contributed by atoms with van der Waals surface area (Å²) in [4.78, 5) is 5.66. The van der Waals surface area contributed by atoms with Crippen molar-refractivity contribution in [2.75, 3.05) is 38.8 Å². The highest BCUT2D eigenvalue weighted by Gasteiger charge is 2.30. The van der Waals surface area contributed by atoms with E-state index in [9.17, 15) is 8.42 Å². The van der Waals surface area contributed by atoms with Crippen LogP contribution in [0, 0.1) is 0 Å². The lowest BCUT2D eigenvalue weighted by molar-refractivity contribution is 0.194. The van der Waals surface area contributed by atoms with E-state index in [1.807, 2.05) is 19.1 Å². The quantitative estimate of drug-likeness (QED) is 0.575. The lowest BCUT2D eigenvalue weighted by Gasteiger charge is -2.38. The van der Waals surface area contributed by atoms with Crippen LogP contribution in [0.1, 0.15) is 29.7 Å². The second-order valence-electron chi connectivity index (χ2n) is 8.13. The summed E-state index contributed by atoms with van der Waals surface area (Å²) in [6.45, 7) is 3.84. The third-order valence-corrected chi connectivity index (χ3v) is 6.96. The molecule has 1 aliphatic rings.